The van der Waals surface area contributed by atoms with E-state index in [4.69, 9.17) is 11.1 Å². The minimum Gasteiger partial charge on any atom is -0.383 e. The fraction of sp³-hybridized carbons (Fsp3) is 0.0526. The van der Waals surface area contributed by atoms with Crippen molar-refractivity contribution in [3.63, 3.8) is 0 Å². The molecule has 0 amide bonds. The highest BCUT2D eigenvalue weighted by Gasteiger charge is 2.08. The molecule has 1 heterocycles. The van der Waals surface area contributed by atoms with Crippen molar-refractivity contribution in [1.82, 2.24) is 4.98 Å². The van der Waals surface area contributed by atoms with Gasteiger partial charge in [0.1, 0.15) is 5.82 Å². The normalized spacial score (nSPS) is 10.4. The van der Waals surface area contributed by atoms with Gasteiger partial charge >= 0.3 is 0 Å². The summed E-state index contributed by atoms with van der Waals surface area (Å²) in [6.45, 7) is 0. The summed E-state index contributed by atoms with van der Waals surface area (Å²) in [5.74, 6) is 0.390. The smallest absolute Gasteiger partial charge is 0.132 e. The molecule has 0 atom stereocenters. The van der Waals surface area contributed by atoms with Gasteiger partial charge in [-0.3, -0.25) is 5.41 Å². The highest BCUT2D eigenvalue weighted by atomic mass is 14.8. The van der Waals surface area contributed by atoms with Gasteiger partial charge in [0.25, 0.3) is 0 Å². The van der Waals surface area contributed by atoms with Crippen LogP contribution in [0.4, 0.5) is 5.82 Å². The first kappa shape index (κ1) is 14.0. The number of hydrogen-bond acceptors (Lipinski definition) is 3. The van der Waals surface area contributed by atoms with Crippen LogP contribution in [-0.4, -0.2) is 10.7 Å². The predicted octanol–water partition coefficient (Wildman–Crippen LogP) is 3.67. The van der Waals surface area contributed by atoms with Gasteiger partial charge in [0.2, 0.25) is 0 Å². The summed E-state index contributed by atoms with van der Waals surface area (Å²) in [5.41, 5.74) is 10.3. The largest absolute Gasteiger partial charge is 0.383 e. The molecule has 1 aromatic heterocycles. The lowest BCUT2D eigenvalue weighted by molar-refractivity contribution is 1.19. The summed E-state index contributed by atoms with van der Waals surface area (Å²) >= 11 is 0. The Bertz CT molecular complexity index is 777. The molecule has 0 saturated heterocycles. The molecule has 108 valence electrons. The number of benzene rings is 2. The Labute approximate surface area is 130 Å². The number of nitrogen functional groups attached to an aromatic ring is 1. The number of nitrogens with one attached hydrogen (secondary N) is 1. The number of nitrogens with zero attached hydrogens (tertiary/aromatic N) is 1. The average molecular weight is 287 g/mol. The van der Waals surface area contributed by atoms with Crippen LogP contribution in [0.15, 0.2) is 72.9 Å². The predicted molar refractivity (Wildman–Crippen MR) is 90.3 cm³/mol. The summed E-state index contributed by atoms with van der Waals surface area (Å²) < 4.78 is 0. The van der Waals surface area contributed by atoms with Crippen LogP contribution < -0.4 is 5.73 Å². The van der Waals surface area contributed by atoms with E-state index in [1.54, 1.807) is 12.3 Å². The molecule has 22 heavy (non-hydrogen) atoms. The molecule has 0 aliphatic rings. The quantitative estimate of drug-likeness (QED) is 0.719. The molecule has 0 unspecified atom stereocenters. The Morgan fingerprint density at radius 3 is 2.23 bits per heavy atom. The molecule has 3 rings (SSSR count). The van der Waals surface area contributed by atoms with E-state index in [1.807, 2.05) is 36.4 Å². The third-order valence-electron chi connectivity index (χ3n) is 3.60. The Hall–Kier alpha value is -2.94. The molecule has 0 saturated carbocycles. The van der Waals surface area contributed by atoms with E-state index in [9.17, 15) is 0 Å². The van der Waals surface area contributed by atoms with E-state index >= 15 is 0 Å². The minimum absolute atomic E-state index is 0.390. The highest BCUT2D eigenvalue weighted by molar-refractivity contribution is 6.13. The average Bonchev–Trinajstić information content (AvgIpc) is 2.56. The lowest BCUT2D eigenvalue weighted by Crippen LogP contribution is -2.06. The Kier molecular flexibility index (Phi) is 3.97. The van der Waals surface area contributed by atoms with Crippen LogP contribution in [0.5, 0.6) is 0 Å². The molecular formula is C19H17N3. The van der Waals surface area contributed by atoms with Gasteiger partial charge in [0.05, 0.1) is 5.71 Å². The van der Waals surface area contributed by atoms with Gasteiger partial charge in [-0.25, -0.2) is 4.98 Å². The summed E-state index contributed by atoms with van der Waals surface area (Å²) in [6, 6.07) is 22.0. The molecule has 3 aromatic rings. The molecule has 2 aromatic carbocycles. The molecule has 3 nitrogen and oxygen atoms in total. The maximum absolute atomic E-state index is 8.28. The van der Waals surface area contributed by atoms with Crippen molar-refractivity contribution in [3.05, 3.63) is 95.2 Å². The number of pyridine rings is 1. The van der Waals surface area contributed by atoms with Gasteiger partial charge in [0, 0.05) is 17.3 Å². The van der Waals surface area contributed by atoms with Crippen molar-refractivity contribution in [2.24, 2.45) is 0 Å². The maximum Gasteiger partial charge on any atom is 0.132 e. The van der Waals surface area contributed by atoms with Crippen LogP contribution in [0.1, 0.15) is 22.3 Å². The van der Waals surface area contributed by atoms with Crippen molar-refractivity contribution in [2.45, 2.75) is 6.42 Å². The van der Waals surface area contributed by atoms with Crippen molar-refractivity contribution in [3.8, 4) is 0 Å². The molecule has 3 heteroatoms. The lowest BCUT2D eigenvalue weighted by Gasteiger charge is -2.08. The molecule has 0 bridgehead atoms. The summed E-state index contributed by atoms with van der Waals surface area (Å²) in [4.78, 5) is 4.04. The van der Waals surface area contributed by atoms with Gasteiger partial charge in [-0.2, -0.15) is 0 Å². The van der Waals surface area contributed by atoms with E-state index in [1.165, 1.54) is 11.1 Å². The van der Waals surface area contributed by atoms with Crippen molar-refractivity contribution < 1.29 is 0 Å². The van der Waals surface area contributed by atoms with Crippen LogP contribution in [0.3, 0.4) is 0 Å². The topological polar surface area (TPSA) is 62.8 Å². The number of anilines is 1. The van der Waals surface area contributed by atoms with E-state index in [0.29, 0.717) is 17.1 Å². The van der Waals surface area contributed by atoms with E-state index in [0.717, 1.165) is 12.0 Å². The summed E-state index contributed by atoms with van der Waals surface area (Å²) in [7, 11) is 0. The van der Waals surface area contributed by atoms with Crippen LogP contribution in [0.25, 0.3) is 0 Å². The lowest BCUT2D eigenvalue weighted by atomic mass is 9.99. The highest BCUT2D eigenvalue weighted by Crippen LogP contribution is 2.16. The maximum atomic E-state index is 8.28. The number of nitrogens with two attached hydrogens (primary N) is 1. The first-order chi connectivity index (χ1) is 10.7. The molecule has 3 N–H and O–H groups in total. The first-order valence-corrected chi connectivity index (χ1v) is 7.16. The molecule has 0 spiro atoms. The van der Waals surface area contributed by atoms with Crippen molar-refractivity contribution in [1.29, 1.82) is 5.41 Å². The zero-order valence-corrected chi connectivity index (χ0v) is 12.2. The zero-order chi connectivity index (χ0) is 15.4. The summed E-state index contributed by atoms with van der Waals surface area (Å²) in [5, 5.41) is 8.28. The molecule has 0 radical (unpaired) electrons. The second-order valence-corrected chi connectivity index (χ2v) is 5.17. The Morgan fingerprint density at radius 2 is 1.55 bits per heavy atom. The van der Waals surface area contributed by atoms with Gasteiger partial charge in [-0.1, -0.05) is 54.6 Å². The monoisotopic (exact) mass is 287 g/mol. The second-order valence-electron chi connectivity index (χ2n) is 5.17. The zero-order valence-electron chi connectivity index (χ0n) is 12.2. The van der Waals surface area contributed by atoms with E-state index < -0.39 is 0 Å². The SMILES string of the molecule is N=C(c1ccc(Cc2ccccc2)cc1)c1cccnc1N. The van der Waals surface area contributed by atoms with E-state index in [2.05, 4.69) is 29.2 Å². The van der Waals surface area contributed by atoms with E-state index in [-0.39, 0.29) is 0 Å². The Morgan fingerprint density at radius 1 is 0.864 bits per heavy atom. The minimum atomic E-state index is 0.390. The fourth-order valence-electron chi connectivity index (χ4n) is 2.41. The third-order valence-corrected chi connectivity index (χ3v) is 3.60. The van der Waals surface area contributed by atoms with Crippen LogP contribution >= 0.6 is 0 Å². The number of aromatic nitrogens is 1. The fourth-order valence-corrected chi connectivity index (χ4v) is 2.41. The number of rotatable bonds is 4. The third kappa shape index (κ3) is 3.04. The van der Waals surface area contributed by atoms with Gasteiger partial charge in [-0.15, -0.1) is 0 Å². The molecule has 0 aliphatic heterocycles. The van der Waals surface area contributed by atoms with Crippen LogP contribution in [0.2, 0.25) is 0 Å². The van der Waals surface area contributed by atoms with Gasteiger partial charge < -0.3 is 5.73 Å². The first-order valence-electron chi connectivity index (χ1n) is 7.16. The molecule has 0 aliphatic carbocycles. The van der Waals surface area contributed by atoms with Gasteiger partial charge in [0.15, 0.2) is 0 Å². The molecule has 0 fully saturated rings. The van der Waals surface area contributed by atoms with Crippen LogP contribution in [-0.2, 0) is 6.42 Å². The van der Waals surface area contributed by atoms with Gasteiger partial charge in [-0.05, 0) is 29.7 Å². The summed E-state index contributed by atoms with van der Waals surface area (Å²) in [6.07, 6.45) is 2.53. The van der Waals surface area contributed by atoms with Crippen LogP contribution in [0, 0.1) is 5.41 Å². The standard InChI is InChI=1S/C19H17N3/c20-18(17-7-4-12-22-19(17)21)16-10-8-15(9-11-16)13-14-5-2-1-3-6-14/h1-12,20H,13H2,(H2,21,22). The van der Waals surface area contributed by atoms with Crippen molar-refractivity contribution in [2.75, 3.05) is 5.73 Å². The second kappa shape index (κ2) is 6.22. The Balaban J connectivity index is 1.80. The molecular weight excluding hydrogens is 270 g/mol. The number of hydrogen-bond donors (Lipinski definition) is 2. The van der Waals surface area contributed by atoms with Crippen molar-refractivity contribution >= 4 is 11.5 Å².